The van der Waals surface area contributed by atoms with Gasteiger partial charge in [-0.05, 0) is 24.8 Å². The lowest BCUT2D eigenvalue weighted by molar-refractivity contribution is 0.327. The first-order valence-corrected chi connectivity index (χ1v) is 8.33. The summed E-state index contributed by atoms with van der Waals surface area (Å²) in [6, 6.07) is 19.0. The minimum Gasteiger partial charge on any atom is -0.370 e. The Morgan fingerprint density at radius 2 is 1.43 bits per heavy atom. The number of hydrogen-bond donors (Lipinski definition) is 1. The Kier molecular flexibility index (Phi) is 3.62. The molecule has 116 valence electrons. The van der Waals surface area contributed by atoms with E-state index in [-0.39, 0.29) is 0 Å². The molecule has 2 N–H and O–H groups in total. The second kappa shape index (κ2) is 5.92. The summed E-state index contributed by atoms with van der Waals surface area (Å²) in [6.45, 7) is 2.22. The Labute approximate surface area is 137 Å². The molecular formula is C20H21N3. The summed E-state index contributed by atoms with van der Waals surface area (Å²) in [5.41, 5.74) is 6.99. The van der Waals surface area contributed by atoms with Crippen LogP contribution in [0.1, 0.15) is 36.0 Å². The van der Waals surface area contributed by atoms with Gasteiger partial charge >= 0.3 is 0 Å². The lowest BCUT2D eigenvalue weighted by Crippen LogP contribution is -2.28. The van der Waals surface area contributed by atoms with Crippen molar-refractivity contribution in [3.8, 4) is 0 Å². The maximum absolute atomic E-state index is 5.80. The maximum Gasteiger partial charge on any atom is 0.100 e. The van der Waals surface area contributed by atoms with Crippen LogP contribution in [0.3, 0.4) is 0 Å². The van der Waals surface area contributed by atoms with E-state index >= 15 is 0 Å². The molecule has 0 saturated carbocycles. The monoisotopic (exact) mass is 303 g/mol. The smallest absolute Gasteiger partial charge is 0.100 e. The lowest BCUT2D eigenvalue weighted by Gasteiger charge is -2.31. The summed E-state index contributed by atoms with van der Waals surface area (Å²) in [4.78, 5) is 2.52. The lowest BCUT2D eigenvalue weighted by atomic mass is 10.0. The number of rotatable bonds is 2. The van der Waals surface area contributed by atoms with Gasteiger partial charge in [-0.15, -0.1) is 0 Å². The van der Waals surface area contributed by atoms with Crippen LogP contribution in [0.25, 0.3) is 11.3 Å². The fourth-order valence-corrected chi connectivity index (χ4v) is 3.74. The Morgan fingerprint density at radius 3 is 2.13 bits per heavy atom. The van der Waals surface area contributed by atoms with E-state index in [0.717, 1.165) is 24.4 Å². The SMILES string of the molecule is NN=C1C(c2ccccc2)=C(N2CCCCC2)c2ccccc21. The molecule has 1 saturated heterocycles. The van der Waals surface area contributed by atoms with Gasteiger partial charge in [0.25, 0.3) is 0 Å². The molecule has 1 aliphatic carbocycles. The van der Waals surface area contributed by atoms with Crippen LogP contribution in [-0.2, 0) is 0 Å². The van der Waals surface area contributed by atoms with E-state index in [1.165, 1.54) is 41.7 Å². The molecule has 1 heterocycles. The molecule has 1 fully saturated rings. The number of hydrogen-bond acceptors (Lipinski definition) is 3. The van der Waals surface area contributed by atoms with Crippen LogP contribution in [0.5, 0.6) is 0 Å². The molecule has 0 aromatic heterocycles. The van der Waals surface area contributed by atoms with Gasteiger partial charge in [0.2, 0.25) is 0 Å². The second-order valence-electron chi connectivity index (χ2n) is 6.16. The Bertz CT molecular complexity index is 768. The zero-order valence-electron chi connectivity index (χ0n) is 13.2. The standard InChI is InChI=1S/C20H21N3/c21-22-19-16-11-5-6-12-17(16)20(23-13-7-2-8-14-23)18(19)15-9-3-1-4-10-15/h1,3-6,9-12H,2,7-8,13-14,21H2. The van der Waals surface area contributed by atoms with Gasteiger partial charge in [0.15, 0.2) is 0 Å². The van der Waals surface area contributed by atoms with Crippen LogP contribution >= 0.6 is 0 Å². The number of nitrogens with two attached hydrogens (primary N) is 1. The van der Waals surface area contributed by atoms with Crippen molar-refractivity contribution in [2.45, 2.75) is 19.3 Å². The molecule has 0 atom stereocenters. The molecule has 2 aliphatic rings. The first-order valence-electron chi connectivity index (χ1n) is 8.33. The Morgan fingerprint density at radius 1 is 0.783 bits per heavy atom. The van der Waals surface area contributed by atoms with Gasteiger partial charge < -0.3 is 10.7 Å². The second-order valence-corrected chi connectivity index (χ2v) is 6.16. The van der Waals surface area contributed by atoms with Crippen LogP contribution in [0.15, 0.2) is 59.7 Å². The minimum absolute atomic E-state index is 0.910. The van der Waals surface area contributed by atoms with Crippen LogP contribution < -0.4 is 5.84 Å². The van der Waals surface area contributed by atoms with E-state index in [2.05, 4.69) is 58.5 Å². The highest BCUT2D eigenvalue weighted by atomic mass is 15.2. The van der Waals surface area contributed by atoms with Crippen molar-refractivity contribution in [2.75, 3.05) is 13.1 Å². The number of likely N-dealkylation sites (tertiary alicyclic amines) is 1. The molecule has 2 aromatic carbocycles. The number of piperidine rings is 1. The van der Waals surface area contributed by atoms with Gasteiger partial charge in [-0.3, -0.25) is 0 Å². The molecule has 23 heavy (non-hydrogen) atoms. The quantitative estimate of drug-likeness (QED) is 0.678. The van der Waals surface area contributed by atoms with Gasteiger partial charge in [-0.2, -0.15) is 5.10 Å². The van der Waals surface area contributed by atoms with Crippen molar-refractivity contribution in [1.82, 2.24) is 4.90 Å². The fraction of sp³-hybridized carbons (Fsp3) is 0.250. The molecule has 0 radical (unpaired) electrons. The Hall–Kier alpha value is -2.55. The van der Waals surface area contributed by atoms with Crippen LogP contribution in [0.2, 0.25) is 0 Å². The highest BCUT2D eigenvalue weighted by Crippen LogP contribution is 2.41. The van der Waals surface area contributed by atoms with Gasteiger partial charge in [-0.25, -0.2) is 0 Å². The number of fused-ring (bicyclic) bond motifs is 1. The van der Waals surface area contributed by atoms with Crippen molar-refractivity contribution in [3.05, 3.63) is 71.3 Å². The first-order chi connectivity index (χ1) is 11.4. The van der Waals surface area contributed by atoms with E-state index < -0.39 is 0 Å². The van der Waals surface area contributed by atoms with Gasteiger partial charge in [0.1, 0.15) is 5.71 Å². The summed E-state index contributed by atoms with van der Waals surface area (Å²) in [7, 11) is 0. The number of benzene rings is 2. The average Bonchev–Trinajstić information content (AvgIpc) is 2.97. The third-order valence-electron chi connectivity index (χ3n) is 4.77. The molecule has 0 bridgehead atoms. The summed E-state index contributed by atoms with van der Waals surface area (Å²) in [5.74, 6) is 5.80. The zero-order valence-corrected chi connectivity index (χ0v) is 13.2. The van der Waals surface area contributed by atoms with Crippen LogP contribution in [0, 0.1) is 0 Å². The number of nitrogens with zero attached hydrogens (tertiary/aromatic N) is 2. The summed E-state index contributed by atoms with van der Waals surface area (Å²) < 4.78 is 0. The van der Waals surface area contributed by atoms with Crippen molar-refractivity contribution in [2.24, 2.45) is 10.9 Å². The topological polar surface area (TPSA) is 41.6 Å². The predicted molar refractivity (Wildman–Crippen MR) is 95.8 cm³/mol. The van der Waals surface area contributed by atoms with E-state index in [1.54, 1.807) is 0 Å². The average molecular weight is 303 g/mol. The molecule has 3 heteroatoms. The largest absolute Gasteiger partial charge is 0.370 e. The van der Waals surface area contributed by atoms with Crippen molar-refractivity contribution in [3.63, 3.8) is 0 Å². The molecule has 0 unspecified atom stereocenters. The first kappa shape index (κ1) is 14.1. The van der Waals surface area contributed by atoms with Crippen molar-refractivity contribution >= 4 is 17.0 Å². The van der Waals surface area contributed by atoms with Gasteiger partial charge in [-0.1, -0.05) is 54.6 Å². The predicted octanol–water partition coefficient (Wildman–Crippen LogP) is 3.72. The van der Waals surface area contributed by atoms with Crippen LogP contribution in [0.4, 0.5) is 0 Å². The highest BCUT2D eigenvalue weighted by Gasteiger charge is 2.32. The summed E-state index contributed by atoms with van der Waals surface area (Å²) >= 11 is 0. The van der Waals surface area contributed by atoms with Crippen molar-refractivity contribution in [1.29, 1.82) is 0 Å². The number of hydrazone groups is 1. The molecule has 2 aromatic rings. The molecule has 1 aliphatic heterocycles. The Balaban J connectivity index is 1.95. The van der Waals surface area contributed by atoms with Crippen molar-refractivity contribution < 1.29 is 0 Å². The summed E-state index contributed by atoms with van der Waals surface area (Å²) in [5, 5.41) is 4.16. The zero-order chi connectivity index (χ0) is 15.6. The molecule has 3 nitrogen and oxygen atoms in total. The van der Waals surface area contributed by atoms with E-state index in [0.29, 0.717) is 0 Å². The summed E-state index contributed by atoms with van der Waals surface area (Å²) in [6.07, 6.45) is 3.83. The molecule has 0 spiro atoms. The van der Waals surface area contributed by atoms with E-state index in [4.69, 9.17) is 5.84 Å². The normalized spacial score (nSPS) is 19.3. The third-order valence-corrected chi connectivity index (χ3v) is 4.77. The molecule has 0 amide bonds. The molecular weight excluding hydrogens is 282 g/mol. The molecule has 4 rings (SSSR count). The van der Waals surface area contributed by atoms with Gasteiger partial charge in [0.05, 0.1) is 5.70 Å². The van der Waals surface area contributed by atoms with Gasteiger partial charge in [0, 0.05) is 29.8 Å². The van der Waals surface area contributed by atoms with E-state index in [1.807, 2.05) is 6.07 Å². The fourth-order valence-electron chi connectivity index (χ4n) is 3.74. The highest BCUT2D eigenvalue weighted by molar-refractivity contribution is 6.41. The number of allylic oxidation sites excluding steroid dienone is 1. The maximum atomic E-state index is 5.80. The van der Waals surface area contributed by atoms with E-state index in [9.17, 15) is 0 Å². The van der Waals surface area contributed by atoms with Crippen LogP contribution in [-0.4, -0.2) is 23.7 Å². The third kappa shape index (κ3) is 2.33. The minimum atomic E-state index is 0.910.